The standard InChI is InChI=1S/2C25H31N3/c2*1-12-14(3)18(7)22(19(8)15(12)4)24-26-11-27-25(28-24)23-20(9)16(5)13(2)17(6)21(23)10/h2*11H,1-10H3. The minimum Gasteiger partial charge on any atom is -0.216 e. The molecule has 2 heterocycles. The van der Waals surface area contributed by atoms with E-state index in [9.17, 15) is 0 Å². The van der Waals surface area contributed by atoms with Crippen LogP contribution in [0.4, 0.5) is 0 Å². The fourth-order valence-corrected chi connectivity index (χ4v) is 8.42. The zero-order valence-electron chi connectivity index (χ0n) is 37.8. The normalized spacial score (nSPS) is 11.2. The van der Waals surface area contributed by atoms with E-state index in [1.165, 1.54) is 111 Å². The van der Waals surface area contributed by atoms with Crippen molar-refractivity contribution in [2.75, 3.05) is 0 Å². The molecule has 0 fully saturated rings. The molecule has 0 spiro atoms. The lowest BCUT2D eigenvalue weighted by Gasteiger charge is -2.19. The topological polar surface area (TPSA) is 77.3 Å². The van der Waals surface area contributed by atoms with Crippen LogP contribution in [-0.4, -0.2) is 29.9 Å². The third-order valence-corrected chi connectivity index (χ3v) is 14.0. The molecule has 4 aromatic carbocycles. The van der Waals surface area contributed by atoms with E-state index in [1.54, 1.807) is 12.7 Å². The zero-order chi connectivity index (χ0) is 41.8. The number of hydrogen-bond acceptors (Lipinski definition) is 6. The van der Waals surface area contributed by atoms with Crippen molar-refractivity contribution in [2.24, 2.45) is 0 Å². The molecule has 0 atom stereocenters. The van der Waals surface area contributed by atoms with Crippen molar-refractivity contribution in [1.82, 2.24) is 29.9 Å². The lowest BCUT2D eigenvalue weighted by atomic mass is 9.88. The zero-order valence-corrected chi connectivity index (χ0v) is 37.8. The van der Waals surface area contributed by atoms with Crippen molar-refractivity contribution < 1.29 is 0 Å². The Labute approximate surface area is 336 Å². The van der Waals surface area contributed by atoms with Crippen molar-refractivity contribution in [3.8, 4) is 45.6 Å². The largest absolute Gasteiger partial charge is 0.216 e. The van der Waals surface area contributed by atoms with Crippen LogP contribution >= 0.6 is 0 Å². The van der Waals surface area contributed by atoms with Crippen LogP contribution in [0.5, 0.6) is 0 Å². The van der Waals surface area contributed by atoms with Gasteiger partial charge in [-0.25, -0.2) is 29.9 Å². The Kier molecular flexibility index (Phi) is 11.9. The molecule has 0 bridgehead atoms. The second-order valence-corrected chi connectivity index (χ2v) is 16.3. The average molecular weight is 747 g/mol. The summed E-state index contributed by atoms with van der Waals surface area (Å²) in [5, 5.41) is 0. The molecule has 0 N–H and O–H groups in total. The smallest absolute Gasteiger partial charge is 0.163 e. The van der Waals surface area contributed by atoms with Crippen LogP contribution in [0.2, 0.25) is 0 Å². The van der Waals surface area contributed by atoms with Crippen LogP contribution in [-0.2, 0) is 0 Å². The predicted octanol–water partition coefficient (Wildman–Crippen LogP) is 12.6. The molecule has 6 aromatic rings. The van der Waals surface area contributed by atoms with Gasteiger partial charge in [0.2, 0.25) is 0 Å². The highest BCUT2D eigenvalue weighted by atomic mass is 15.0. The Morgan fingerprint density at radius 2 is 0.321 bits per heavy atom. The number of benzene rings is 4. The van der Waals surface area contributed by atoms with E-state index in [0.717, 1.165) is 45.6 Å². The van der Waals surface area contributed by atoms with Crippen LogP contribution in [0.25, 0.3) is 45.6 Å². The summed E-state index contributed by atoms with van der Waals surface area (Å²) in [6.07, 6.45) is 3.31. The summed E-state index contributed by atoms with van der Waals surface area (Å²) >= 11 is 0. The van der Waals surface area contributed by atoms with E-state index in [-0.39, 0.29) is 0 Å². The monoisotopic (exact) mass is 747 g/mol. The van der Waals surface area contributed by atoms with Gasteiger partial charge in [0, 0.05) is 22.3 Å². The van der Waals surface area contributed by atoms with Crippen LogP contribution in [0.1, 0.15) is 111 Å². The molecule has 0 radical (unpaired) electrons. The molecule has 292 valence electrons. The first kappa shape index (κ1) is 42.1. The summed E-state index contributed by atoms with van der Waals surface area (Å²) in [4.78, 5) is 28.2. The Bertz CT molecular complexity index is 2110. The Hall–Kier alpha value is -5.10. The SMILES string of the molecule is Cc1c(C)c(C)c(-c2ncnc(-c3c(C)c(C)c(C)c(C)c3C)n2)c(C)c1C.Cc1c(C)c(C)c(-c2ncnc(-c3c(C)c(C)c(C)c(C)c3C)n2)c(C)c1C. The molecule has 6 heteroatoms. The summed E-state index contributed by atoms with van der Waals surface area (Å²) in [6.45, 7) is 43.6. The van der Waals surface area contributed by atoms with Gasteiger partial charge in [-0.15, -0.1) is 0 Å². The second kappa shape index (κ2) is 15.8. The maximum atomic E-state index is 4.96. The highest BCUT2D eigenvalue weighted by molar-refractivity contribution is 5.75. The number of rotatable bonds is 4. The molecule has 0 aliphatic heterocycles. The molecule has 56 heavy (non-hydrogen) atoms. The van der Waals surface area contributed by atoms with E-state index < -0.39 is 0 Å². The Morgan fingerprint density at radius 3 is 0.464 bits per heavy atom. The molecule has 2 aromatic heterocycles. The van der Waals surface area contributed by atoms with Gasteiger partial charge in [-0.2, -0.15) is 0 Å². The molecule has 6 rings (SSSR count). The van der Waals surface area contributed by atoms with E-state index in [2.05, 4.69) is 158 Å². The molecule has 6 nitrogen and oxygen atoms in total. The van der Waals surface area contributed by atoms with Gasteiger partial charge in [-0.05, 0) is 250 Å². The average Bonchev–Trinajstić information content (AvgIpc) is 3.18. The summed E-state index contributed by atoms with van der Waals surface area (Å²) in [6, 6.07) is 0. The van der Waals surface area contributed by atoms with Crippen molar-refractivity contribution >= 4 is 0 Å². The minimum absolute atomic E-state index is 0.765. The number of hydrogen-bond donors (Lipinski definition) is 0. The van der Waals surface area contributed by atoms with Crippen molar-refractivity contribution in [1.29, 1.82) is 0 Å². The highest BCUT2D eigenvalue weighted by Gasteiger charge is 2.22. The van der Waals surface area contributed by atoms with Crippen molar-refractivity contribution in [3.63, 3.8) is 0 Å². The van der Waals surface area contributed by atoms with Crippen LogP contribution in [0.15, 0.2) is 12.7 Å². The van der Waals surface area contributed by atoms with Gasteiger partial charge in [-0.3, -0.25) is 0 Å². The molecule has 0 amide bonds. The van der Waals surface area contributed by atoms with E-state index in [0.29, 0.717) is 0 Å². The van der Waals surface area contributed by atoms with E-state index in [1.807, 2.05) is 0 Å². The van der Waals surface area contributed by atoms with Gasteiger partial charge in [0.1, 0.15) is 12.7 Å². The first-order chi connectivity index (χ1) is 26.1. The summed E-state index contributed by atoms with van der Waals surface area (Å²) < 4.78 is 0. The maximum absolute atomic E-state index is 4.96. The Balaban J connectivity index is 0.000000214. The summed E-state index contributed by atoms with van der Waals surface area (Å²) in [5.41, 5.74) is 30.5. The molecule has 0 saturated carbocycles. The maximum Gasteiger partial charge on any atom is 0.163 e. The molecular weight excluding hydrogens is 685 g/mol. The van der Waals surface area contributed by atoms with Gasteiger partial charge in [-0.1, -0.05) is 0 Å². The molecule has 0 saturated heterocycles. The number of aromatic nitrogens is 6. The molecule has 0 aliphatic carbocycles. The predicted molar refractivity (Wildman–Crippen MR) is 236 cm³/mol. The van der Waals surface area contributed by atoms with Gasteiger partial charge in [0.05, 0.1) is 0 Å². The third-order valence-electron chi connectivity index (χ3n) is 14.0. The van der Waals surface area contributed by atoms with Crippen LogP contribution < -0.4 is 0 Å². The molecule has 0 aliphatic rings. The van der Waals surface area contributed by atoms with Crippen molar-refractivity contribution in [2.45, 2.75) is 138 Å². The lowest BCUT2D eigenvalue weighted by Crippen LogP contribution is -2.06. The quantitative estimate of drug-likeness (QED) is 0.179. The van der Waals surface area contributed by atoms with Gasteiger partial charge >= 0.3 is 0 Å². The van der Waals surface area contributed by atoms with E-state index >= 15 is 0 Å². The Morgan fingerprint density at radius 1 is 0.196 bits per heavy atom. The van der Waals surface area contributed by atoms with Gasteiger partial charge in [0.15, 0.2) is 23.3 Å². The third kappa shape index (κ3) is 6.97. The van der Waals surface area contributed by atoms with Crippen LogP contribution in [0.3, 0.4) is 0 Å². The fourth-order valence-electron chi connectivity index (χ4n) is 8.42. The second-order valence-electron chi connectivity index (χ2n) is 16.3. The molecular formula is C50H62N6. The first-order valence-corrected chi connectivity index (χ1v) is 19.8. The summed E-state index contributed by atoms with van der Waals surface area (Å²) in [5.74, 6) is 3.06. The van der Waals surface area contributed by atoms with Crippen molar-refractivity contribution in [3.05, 3.63) is 124 Å². The minimum atomic E-state index is 0.765. The van der Waals surface area contributed by atoms with E-state index in [4.69, 9.17) is 9.97 Å². The fraction of sp³-hybridized carbons (Fsp3) is 0.400. The number of nitrogens with zero attached hydrogens (tertiary/aromatic N) is 6. The molecule has 0 unspecified atom stereocenters. The van der Waals surface area contributed by atoms with Gasteiger partial charge < -0.3 is 0 Å². The summed E-state index contributed by atoms with van der Waals surface area (Å²) in [7, 11) is 0. The lowest BCUT2D eigenvalue weighted by molar-refractivity contribution is 1.04. The van der Waals surface area contributed by atoms with Crippen LogP contribution in [0, 0.1) is 138 Å². The first-order valence-electron chi connectivity index (χ1n) is 19.8. The highest BCUT2D eigenvalue weighted by Crippen LogP contribution is 2.37. The van der Waals surface area contributed by atoms with Gasteiger partial charge in [0.25, 0.3) is 0 Å².